The molecule has 10 nitrogen and oxygen atoms in total. The summed E-state index contributed by atoms with van der Waals surface area (Å²) in [6, 6.07) is 5.86. The molecular formula is C23H29N7O3. The van der Waals surface area contributed by atoms with Gasteiger partial charge in [0.15, 0.2) is 0 Å². The highest BCUT2D eigenvalue weighted by Crippen LogP contribution is 2.26. The number of amides is 1. The van der Waals surface area contributed by atoms with Gasteiger partial charge in [-0.05, 0) is 31.9 Å². The summed E-state index contributed by atoms with van der Waals surface area (Å²) in [5.74, 6) is 0.928. The Labute approximate surface area is 192 Å². The molecule has 1 amide bonds. The minimum Gasteiger partial charge on any atom is -0.379 e. The summed E-state index contributed by atoms with van der Waals surface area (Å²) in [6.45, 7) is 6.31. The first-order valence-electron chi connectivity index (χ1n) is 11.3. The van der Waals surface area contributed by atoms with Crippen molar-refractivity contribution in [1.29, 1.82) is 5.26 Å². The van der Waals surface area contributed by atoms with Crippen molar-refractivity contribution < 1.29 is 9.53 Å². The van der Waals surface area contributed by atoms with Gasteiger partial charge in [0.25, 0.3) is 5.56 Å². The molecule has 0 spiro atoms. The van der Waals surface area contributed by atoms with E-state index in [1.807, 2.05) is 17.9 Å². The van der Waals surface area contributed by atoms with E-state index in [2.05, 4.69) is 31.1 Å². The zero-order chi connectivity index (χ0) is 23.2. The number of carbonyl (C=O) groups is 1. The maximum Gasteiger partial charge on any atom is 0.269 e. The average Bonchev–Trinajstić information content (AvgIpc) is 3.32. The van der Waals surface area contributed by atoms with Crippen LogP contribution in [0, 0.1) is 18.3 Å². The van der Waals surface area contributed by atoms with Crippen molar-refractivity contribution in [3.8, 4) is 6.07 Å². The van der Waals surface area contributed by atoms with Gasteiger partial charge in [-0.1, -0.05) is 0 Å². The smallest absolute Gasteiger partial charge is 0.269 e. The van der Waals surface area contributed by atoms with Crippen molar-refractivity contribution >= 4 is 17.4 Å². The minimum atomic E-state index is -0.167. The second kappa shape index (κ2) is 10.4. The van der Waals surface area contributed by atoms with Gasteiger partial charge in [-0.25, -0.2) is 10.1 Å². The van der Waals surface area contributed by atoms with Gasteiger partial charge in [-0.3, -0.25) is 9.59 Å². The van der Waals surface area contributed by atoms with Crippen molar-refractivity contribution in [3.63, 3.8) is 0 Å². The van der Waals surface area contributed by atoms with Crippen LogP contribution in [0.15, 0.2) is 29.3 Å². The first-order chi connectivity index (χ1) is 16.1. The number of ether oxygens (including phenoxy) is 1. The Morgan fingerprint density at radius 1 is 1.24 bits per heavy atom. The highest BCUT2D eigenvalue weighted by atomic mass is 16.5. The zero-order valence-electron chi connectivity index (χ0n) is 18.9. The summed E-state index contributed by atoms with van der Waals surface area (Å²) < 4.78 is 5.87. The van der Waals surface area contributed by atoms with Gasteiger partial charge in [0.2, 0.25) is 5.91 Å². The SMILES string of the molecule is Cc1c(N2CCC[C@H]2COCCC(=O)N2CCN(c3ccc(C#N)cn3)CC2)cn[nH]c1=O. The standard InChI is InChI=1S/C23H29N7O3/c1-17-20(15-26-27-23(17)32)30-7-2-3-19(30)16-33-12-6-22(31)29-10-8-28(9-11-29)21-5-4-18(13-24)14-25-21/h4-5,14-15,19H,2-3,6-12,16H2,1H3,(H,27,32)/t19-/m0/s1. The number of aromatic nitrogens is 3. The number of piperazine rings is 1. The fourth-order valence-electron chi connectivity index (χ4n) is 4.43. The number of carbonyl (C=O) groups excluding carboxylic acids is 1. The second-order valence-electron chi connectivity index (χ2n) is 8.41. The van der Waals surface area contributed by atoms with Crippen LogP contribution in [0.3, 0.4) is 0 Å². The van der Waals surface area contributed by atoms with Gasteiger partial charge in [-0.2, -0.15) is 10.4 Å². The summed E-state index contributed by atoms with van der Waals surface area (Å²) in [5, 5.41) is 15.3. The number of H-pyrrole nitrogens is 1. The van der Waals surface area contributed by atoms with Crippen molar-refractivity contribution in [2.75, 3.05) is 55.7 Å². The van der Waals surface area contributed by atoms with Crippen LogP contribution < -0.4 is 15.4 Å². The molecule has 10 heteroatoms. The maximum absolute atomic E-state index is 12.6. The van der Waals surface area contributed by atoms with Crippen LogP contribution in [0.1, 0.15) is 30.4 Å². The molecule has 0 unspecified atom stereocenters. The number of rotatable bonds is 7. The molecule has 2 fully saturated rings. The molecule has 0 aliphatic carbocycles. The monoisotopic (exact) mass is 451 g/mol. The number of nitrogens with zero attached hydrogens (tertiary/aromatic N) is 6. The molecule has 4 rings (SSSR count). The molecule has 2 aliphatic rings. The quantitative estimate of drug-likeness (QED) is 0.621. The molecule has 0 saturated carbocycles. The summed E-state index contributed by atoms with van der Waals surface area (Å²) in [6.07, 6.45) is 5.66. The number of aromatic amines is 1. The minimum absolute atomic E-state index is 0.0975. The average molecular weight is 452 g/mol. The summed E-state index contributed by atoms with van der Waals surface area (Å²) in [7, 11) is 0. The van der Waals surface area contributed by atoms with Crippen LogP contribution in [0.4, 0.5) is 11.5 Å². The topological polar surface area (TPSA) is 118 Å². The Bertz CT molecular complexity index is 1050. The molecule has 1 N–H and O–H groups in total. The second-order valence-corrected chi connectivity index (χ2v) is 8.41. The van der Waals surface area contributed by atoms with Crippen LogP contribution in [0.2, 0.25) is 0 Å². The van der Waals surface area contributed by atoms with Gasteiger partial charge in [0, 0.05) is 44.5 Å². The van der Waals surface area contributed by atoms with Crippen molar-refractivity contribution in [1.82, 2.24) is 20.1 Å². The Balaban J connectivity index is 1.19. The van der Waals surface area contributed by atoms with Gasteiger partial charge in [0.1, 0.15) is 11.9 Å². The summed E-state index contributed by atoms with van der Waals surface area (Å²) >= 11 is 0. The molecule has 4 heterocycles. The lowest BCUT2D eigenvalue weighted by Crippen LogP contribution is -2.49. The number of anilines is 2. The lowest BCUT2D eigenvalue weighted by atomic mass is 10.2. The zero-order valence-corrected chi connectivity index (χ0v) is 18.9. The first-order valence-corrected chi connectivity index (χ1v) is 11.3. The van der Waals surface area contributed by atoms with Crippen molar-refractivity contribution in [2.24, 2.45) is 0 Å². The molecule has 2 aromatic rings. The van der Waals surface area contributed by atoms with Gasteiger partial charge >= 0.3 is 0 Å². The lowest BCUT2D eigenvalue weighted by molar-refractivity contribution is -0.132. The molecule has 2 aliphatic heterocycles. The van der Waals surface area contributed by atoms with Gasteiger partial charge in [-0.15, -0.1) is 0 Å². The fourth-order valence-corrected chi connectivity index (χ4v) is 4.43. The Hall–Kier alpha value is -3.45. The van der Waals surface area contributed by atoms with Crippen LogP contribution in [-0.2, 0) is 9.53 Å². The van der Waals surface area contributed by atoms with Crippen LogP contribution >= 0.6 is 0 Å². The molecule has 174 valence electrons. The highest BCUT2D eigenvalue weighted by molar-refractivity contribution is 5.76. The molecule has 2 saturated heterocycles. The number of nitriles is 1. The predicted molar refractivity (Wildman–Crippen MR) is 123 cm³/mol. The van der Waals surface area contributed by atoms with E-state index in [4.69, 9.17) is 10.00 Å². The van der Waals surface area contributed by atoms with Crippen molar-refractivity contribution in [3.05, 3.63) is 46.0 Å². The third kappa shape index (κ3) is 5.31. The number of pyridine rings is 1. The number of nitrogens with one attached hydrogen (secondary N) is 1. The van der Waals surface area contributed by atoms with Crippen LogP contribution in [0.5, 0.6) is 0 Å². The number of hydrogen-bond donors (Lipinski definition) is 1. The van der Waals surface area contributed by atoms with E-state index in [-0.39, 0.29) is 17.5 Å². The van der Waals surface area contributed by atoms with E-state index in [0.29, 0.717) is 56.9 Å². The normalized spacial score (nSPS) is 18.4. The largest absolute Gasteiger partial charge is 0.379 e. The molecule has 0 radical (unpaired) electrons. The molecular weight excluding hydrogens is 422 g/mol. The van der Waals surface area contributed by atoms with Gasteiger partial charge in [0.05, 0.1) is 43.1 Å². The molecule has 2 aromatic heterocycles. The van der Waals surface area contributed by atoms with Gasteiger partial charge < -0.3 is 19.4 Å². The Kier molecular flexibility index (Phi) is 7.19. The van der Waals surface area contributed by atoms with E-state index in [1.165, 1.54) is 0 Å². The Morgan fingerprint density at radius 3 is 2.79 bits per heavy atom. The van der Waals surface area contributed by atoms with Crippen LogP contribution in [0.25, 0.3) is 0 Å². The van der Waals surface area contributed by atoms with E-state index >= 15 is 0 Å². The number of hydrogen-bond acceptors (Lipinski definition) is 8. The predicted octanol–water partition coefficient (Wildman–Crippen LogP) is 1.07. The van der Waals surface area contributed by atoms with E-state index < -0.39 is 0 Å². The summed E-state index contributed by atoms with van der Waals surface area (Å²) in [5.41, 5.74) is 1.90. The van der Waals surface area contributed by atoms with E-state index in [1.54, 1.807) is 18.5 Å². The third-order valence-electron chi connectivity index (χ3n) is 6.37. The fraction of sp³-hybridized carbons (Fsp3) is 0.522. The Morgan fingerprint density at radius 2 is 2.06 bits per heavy atom. The first kappa shape index (κ1) is 22.7. The van der Waals surface area contributed by atoms with E-state index in [0.717, 1.165) is 30.9 Å². The molecule has 1 atom stereocenters. The maximum atomic E-state index is 12.6. The highest BCUT2D eigenvalue weighted by Gasteiger charge is 2.27. The summed E-state index contributed by atoms with van der Waals surface area (Å²) in [4.78, 5) is 35.0. The van der Waals surface area contributed by atoms with E-state index in [9.17, 15) is 9.59 Å². The molecule has 33 heavy (non-hydrogen) atoms. The molecule has 0 bridgehead atoms. The third-order valence-corrected chi connectivity index (χ3v) is 6.37. The lowest BCUT2D eigenvalue weighted by Gasteiger charge is -2.35. The molecule has 0 aromatic carbocycles. The van der Waals surface area contributed by atoms with Crippen molar-refractivity contribution in [2.45, 2.75) is 32.2 Å². The van der Waals surface area contributed by atoms with Crippen LogP contribution in [-0.4, -0.2) is 78.0 Å².